The highest BCUT2D eigenvalue weighted by Crippen LogP contribution is 2.39. The lowest BCUT2D eigenvalue weighted by Crippen LogP contribution is -2.43. The second-order valence-corrected chi connectivity index (χ2v) is 10.2. The summed E-state index contributed by atoms with van der Waals surface area (Å²) in [6.45, 7) is 6.23. The zero-order valence-electron chi connectivity index (χ0n) is 22.5. The molecule has 1 aliphatic rings. The Morgan fingerprint density at radius 1 is 1.00 bits per heavy atom. The number of rotatable bonds is 7. The molecule has 41 heavy (non-hydrogen) atoms. The SMILES string of the molecule is C=CC(=O)NC1CCN(Cc2ccc(-c3c(-c4cccnc4N)cn4cc(-c5ccc(F)cn5)ncc34)cc2)CC1. The molecule has 5 aromatic rings. The third-order valence-electron chi connectivity index (χ3n) is 7.55. The van der Waals surface area contributed by atoms with Gasteiger partial charge < -0.3 is 15.5 Å². The summed E-state index contributed by atoms with van der Waals surface area (Å²) < 4.78 is 15.4. The number of benzene rings is 1. The minimum Gasteiger partial charge on any atom is -0.383 e. The number of pyridine rings is 2. The molecule has 5 heterocycles. The summed E-state index contributed by atoms with van der Waals surface area (Å²) in [4.78, 5) is 27.2. The number of fused-ring (bicyclic) bond motifs is 1. The van der Waals surface area contributed by atoms with E-state index in [9.17, 15) is 9.18 Å². The molecule has 0 unspecified atom stereocenters. The number of carbonyl (C=O) groups is 1. The molecule has 0 atom stereocenters. The molecule has 6 rings (SSSR count). The molecule has 3 N–H and O–H groups in total. The second-order valence-electron chi connectivity index (χ2n) is 10.2. The van der Waals surface area contributed by atoms with Gasteiger partial charge in [-0.05, 0) is 54.3 Å². The Hall–Kier alpha value is -4.89. The van der Waals surface area contributed by atoms with Crippen molar-refractivity contribution in [3.05, 3.63) is 104 Å². The summed E-state index contributed by atoms with van der Waals surface area (Å²) in [6.07, 6.45) is 11.8. The van der Waals surface area contributed by atoms with Gasteiger partial charge in [-0.25, -0.2) is 9.37 Å². The monoisotopic (exact) mass is 547 g/mol. The van der Waals surface area contributed by atoms with Crippen LogP contribution in [0.3, 0.4) is 0 Å². The Labute approximate surface area is 237 Å². The van der Waals surface area contributed by atoms with Gasteiger partial charge in [0, 0.05) is 61.0 Å². The van der Waals surface area contributed by atoms with E-state index >= 15 is 0 Å². The molecule has 4 aromatic heterocycles. The number of aromatic nitrogens is 4. The average Bonchev–Trinajstić information content (AvgIpc) is 3.37. The molecule has 0 aliphatic carbocycles. The maximum atomic E-state index is 13.4. The van der Waals surface area contributed by atoms with Crippen LogP contribution in [0.25, 0.3) is 39.2 Å². The Kier molecular flexibility index (Phi) is 7.26. The van der Waals surface area contributed by atoms with Crippen molar-refractivity contribution in [2.75, 3.05) is 18.8 Å². The number of anilines is 1. The first-order chi connectivity index (χ1) is 20.0. The number of nitrogen functional groups attached to an aromatic ring is 1. The Bertz CT molecular complexity index is 1710. The number of nitrogens with two attached hydrogens (primary N) is 1. The highest BCUT2D eigenvalue weighted by Gasteiger charge is 2.21. The minimum absolute atomic E-state index is 0.108. The van der Waals surface area contributed by atoms with Crippen LogP contribution in [0.5, 0.6) is 0 Å². The van der Waals surface area contributed by atoms with Crippen LogP contribution in [-0.4, -0.2) is 49.3 Å². The number of carbonyl (C=O) groups excluding carboxylic acids is 1. The first-order valence-electron chi connectivity index (χ1n) is 13.6. The predicted molar refractivity (Wildman–Crippen MR) is 158 cm³/mol. The van der Waals surface area contributed by atoms with Crippen LogP contribution in [0.15, 0.2) is 92.2 Å². The lowest BCUT2D eigenvalue weighted by atomic mass is 9.97. The third kappa shape index (κ3) is 5.57. The van der Waals surface area contributed by atoms with Gasteiger partial charge in [-0.3, -0.25) is 19.7 Å². The van der Waals surface area contributed by atoms with Crippen LogP contribution in [0.2, 0.25) is 0 Å². The van der Waals surface area contributed by atoms with Crippen LogP contribution in [0, 0.1) is 5.82 Å². The topological polar surface area (TPSA) is 101 Å². The van der Waals surface area contributed by atoms with Crippen LogP contribution in [0.1, 0.15) is 18.4 Å². The average molecular weight is 548 g/mol. The smallest absolute Gasteiger partial charge is 0.243 e. The van der Waals surface area contributed by atoms with Gasteiger partial charge in [-0.1, -0.05) is 30.8 Å². The summed E-state index contributed by atoms with van der Waals surface area (Å²) in [5.41, 5.74) is 13.5. The van der Waals surface area contributed by atoms with Gasteiger partial charge in [0.1, 0.15) is 17.3 Å². The number of likely N-dealkylation sites (tertiary alicyclic amines) is 1. The number of piperidine rings is 1. The van der Waals surface area contributed by atoms with Crippen molar-refractivity contribution in [3.8, 4) is 33.6 Å². The largest absolute Gasteiger partial charge is 0.383 e. The number of hydrogen-bond acceptors (Lipinski definition) is 6. The molecule has 0 spiro atoms. The van der Waals surface area contributed by atoms with Crippen molar-refractivity contribution in [3.63, 3.8) is 0 Å². The first kappa shape index (κ1) is 26.3. The minimum atomic E-state index is -0.391. The summed E-state index contributed by atoms with van der Waals surface area (Å²) >= 11 is 0. The van der Waals surface area contributed by atoms with Crippen molar-refractivity contribution in [1.82, 2.24) is 29.6 Å². The van der Waals surface area contributed by atoms with Gasteiger partial charge in [0.15, 0.2) is 0 Å². The highest BCUT2D eigenvalue weighted by atomic mass is 19.1. The predicted octanol–water partition coefficient (Wildman–Crippen LogP) is 5.11. The Morgan fingerprint density at radius 3 is 2.49 bits per heavy atom. The fourth-order valence-corrected chi connectivity index (χ4v) is 5.42. The molecular formula is C32H30FN7O. The normalized spacial score (nSPS) is 14.3. The molecule has 1 fully saturated rings. The zero-order chi connectivity index (χ0) is 28.3. The van der Waals surface area contributed by atoms with Crippen LogP contribution >= 0.6 is 0 Å². The van der Waals surface area contributed by atoms with E-state index in [2.05, 4.69) is 56.0 Å². The van der Waals surface area contributed by atoms with Crippen LogP contribution in [-0.2, 0) is 11.3 Å². The maximum absolute atomic E-state index is 13.4. The summed E-state index contributed by atoms with van der Waals surface area (Å²) in [6, 6.07) is 15.6. The van der Waals surface area contributed by atoms with Crippen molar-refractivity contribution < 1.29 is 9.18 Å². The van der Waals surface area contributed by atoms with E-state index in [1.165, 1.54) is 23.9 Å². The van der Waals surface area contributed by atoms with Crippen molar-refractivity contribution in [1.29, 1.82) is 0 Å². The molecule has 9 heteroatoms. The first-order valence-corrected chi connectivity index (χ1v) is 13.6. The number of halogens is 1. The highest BCUT2D eigenvalue weighted by molar-refractivity contribution is 5.96. The van der Waals surface area contributed by atoms with Crippen LogP contribution in [0.4, 0.5) is 10.2 Å². The van der Waals surface area contributed by atoms with Crippen molar-refractivity contribution >= 4 is 17.2 Å². The molecule has 1 aliphatic heterocycles. The van der Waals surface area contributed by atoms with Gasteiger partial charge >= 0.3 is 0 Å². The van der Waals surface area contributed by atoms with Gasteiger partial charge in [0.2, 0.25) is 5.91 Å². The molecule has 206 valence electrons. The van der Waals surface area contributed by atoms with E-state index in [1.54, 1.807) is 12.3 Å². The Balaban J connectivity index is 1.30. The summed E-state index contributed by atoms with van der Waals surface area (Å²) in [5.74, 6) is -0.0529. The summed E-state index contributed by atoms with van der Waals surface area (Å²) in [7, 11) is 0. The van der Waals surface area contributed by atoms with Crippen molar-refractivity contribution in [2.24, 2.45) is 0 Å². The molecule has 1 amide bonds. The van der Waals surface area contributed by atoms with Crippen LogP contribution < -0.4 is 11.1 Å². The van der Waals surface area contributed by atoms with Gasteiger partial charge in [0.05, 0.1) is 23.6 Å². The third-order valence-corrected chi connectivity index (χ3v) is 7.55. The van der Waals surface area contributed by atoms with Gasteiger partial charge in [0.25, 0.3) is 0 Å². The number of hydrogen-bond donors (Lipinski definition) is 2. The van der Waals surface area contributed by atoms with Gasteiger partial charge in [-0.15, -0.1) is 0 Å². The van der Waals surface area contributed by atoms with E-state index in [1.807, 2.05) is 35.1 Å². The lowest BCUT2D eigenvalue weighted by molar-refractivity contribution is -0.117. The van der Waals surface area contributed by atoms with Crippen molar-refractivity contribution in [2.45, 2.75) is 25.4 Å². The van der Waals surface area contributed by atoms with E-state index in [0.717, 1.165) is 60.2 Å². The number of nitrogens with zero attached hydrogens (tertiary/aromatic N) is 5. The summed E-state index contributed by atoms with van der Waals surface area (Å²) in [5, 5.41) is 3.01. The number of nitrogens with one attached hydrogen (secondary N) is 1. The second kappa shape index (κ2) is 11.3. The molecular weight excluding hydrogens is 517 g/mol. The van der Waals surface area contributed by atoms with E-state index in [4.69, 9.17) is 5.73 Å². The molecule has 1 aromatic carbocycles. The van der Waals surface area contributed by atoms with E-state index in [0.29, 0.717) is 17.2 Å². The fourth-order valence-electron chi connectivity index (χ4n) is 5.42. The quantitative estimate of drug-likeness (QED) is 0.275. The number of amides is 1. The standard InChI is InChI=1S/C32H30FN7O/c1-2-30(41)38-24-11-14-39(15-12-24)18-21-5-7-22(8-6-21)31-26(25-4-3-13-35-32(25)34)19-40-20-28(37-17-29(31)40)27-10-9-23(33)16-36-27/h2-10,13,16-17,19-20,24H,1,11-12,14-15,18H2,(H2,34,35)(H,38,41). The molecule has 0 bridgehead atoms. The zero-order valence-corrected chi connectivity index (χ0v) is 22.5. The molecule has 0 saturated carbocycles. The molecule has 0 radical (unpaired) electrons. The molecule has 1 saturated heterocycles. The van der Waals surface area contributed by atoms with E-state index in [-0.39, 0.29) is 11.9 Å². The van der Waals surface area contributed by atoms with E-state index < -0.39 is 5.82 Å². The molecule has 8 nitrogen and oxygen atoms in total. The maximum Gasteiger partial charge on any atom is 0.243 e. The lowest BCUT2D eigenvalue weighted by Gasteiger charge is -2.32. The fraction of sp³-hybridized carbons (Fsp3) is 0.188. The Morgan fingerprint density at radius 2 is 1.78 bits per heavy atom. The van der Waals surface area contributed by atoms with Gasteiger partial charge in [-0.2, -0.15) is 0 Å².